The minimum Gasteiger partial charge on any atom is -0.341 e. The number of nitrogens with zero attached hydrogens (tertiary/aromatic N) is 1. The molecule has 0 aromatic heterocycles. The minimum absolute atomic E-state index is 0.0425. The van der Waals surface area contributed by atoms with Crippen LogP contribution in [0.15, 0.2) is 0 Å². The van der Waals surface area contributed by atoms with E-state index < -0.39 is 14.3 Å². The second kappa shape index (κ2) is 6.59. The molecule has 1 unspecified atom stereocenters. The summed E-state index contributed by atoms with van der Waals surface area (Å²) < 4.78 is 22.3. The Morgan fingerprint density at radius 3 is 2.47 bits per heavy atom. The van der Waals surface area contributed by atoms with Gasteiger partial charge in [0.1, 0.15) is 5.25 Å². The molecule has 1 heterocycles. The highest BCUT2D eigenvalue weighted by Crippen LogP contribution is 2.21. The molecule has 0 aromatic carbocycles. The molecule has 1 amide bonds. The van der Waals surface area contributed by atoms with Gasteiger partial charge in [0.05, 0.1) is 0 Å². The van der Waals surface area contributed by atoms with Crippen molar-refractivity contribution in [1.82, 2.24) is 4.90 Å². The van der Waals surface area contributed by atoms with Gasteiger partial charge in [-0.15, -0.1) is 0 Å². The van der Waals surface area contributed by atoms with Gasteiger partial charge in [0.15, 0.2) is 0 Å². The van der Waals surface area contributed by atoms with Crippen LogP contribution in [0.25, 0.3) is 0 Å². The molecule has 17 heavy (non-hydrogen) atoms. The molecule has 0 aliphatic carbocycles. The van der Waals surface area contributed by atoms with Gasteiger partial charge in [0.25, 0.3) is 0 Å². The molecule has 1 atom stereocenters. The molecule has 0 aromatic rings. The van der Waals surface area contributed by atoms with Crippen LogP contribution in [0.5, 0.6) is 0 Å². The number of halogens is 1. The van der Waals surface area contributed by atoms with Crippen LogP contribution in [0.1, 0.15) is 45.4 Å². The SMILES string of the molecule is CCCCCCCN1CC(S(=O)(=O)Cl)CC1=O. The second-order valence-corrected chi connectivity index (χ2v) is 7.46. The lowest BCUT2D eigenvalue weighted by molar-refractivity contribution is -0.127. The smallest absolute Gasteiger partial charge is 0.237 e. The topological polar surface area (TPSA) is 54.5 Å². The predicted octanol–water partition coefficient (Wildman–Crippen LogP) is 2.13. The van der Waals surface area contributed by atoms with E-state index in [0.29, 0.717) is 6.54 Å². The Balaban J connectivity index is 2.29. The number of unbranched alkanes of at least 4 members (excludes halogenated alkanes) is 4. The van der Waals surface area contributed by atoms with Crippen LogP contribution in [0.2, 0.25) is 0 Å². The summed E-state index contributed by atoms with van der Waals surface area (Å²) in [5.41, 5.74) is 0. The number of rotatable bonds is 7. The van der Waals surface area contributed by atoms with Crippen molar-refractivity contribution in [3.63, 3.8) is 0 Å². The Morgan fingerprint density at radius 2 is 1.94 bits per heavy atom. The van der Waals surface area contributed by atoms with Gasteiger partial charge in [-0.3, -0.25) is 4.79 Å². The Hall–Kier alpha value is -0.290. The third-order valence-electron chi connectivity index (χ3n) is 3.11. The van der Waals surface area contributed by atoms with Crippen molar-refractivity contribution in [1.29, 1.82) is 0 Å². The largest absolute Gasteiger partial charge is 0.341 e. The number of hydrogen-bond donors (Lipinski definition) is 0. The predicted molar refractivity (Wildman–Crippen MR) is 68.5 cm³/mol. The first-order valence-corrected chi connectivity index (χ1v) is 8.53. The van der Waals surface area contributed by atoms with Gasteiger partial charge in [-0.1, -0.05) is 32.6 Å². The minimum atomic E-state index is -3.60. The molecule has 1 rings (SSSR count). The third-order valence-corrected chi connectivity index (χ3v) is 4.98. The fourth-order valence-corrected chi connectivity index (χ4v) is 3.10. The zero-order valence-corrected chi connectivity index (χ0v) is 11.8. The standard InChI is InChI=1S/C11H20ClNO3S/c1-2-3-4-5-6-7-13-9-10(8-11(13)14)17(12,15)16/h10H,2-9H2,1H3. The number of carbonyl (C=O) groups is 1. The molecule has 1 aliphatic rings. The van der Waals surface area contributed by atoms with E-state index in [1.807, 2.05) is 0 Å². The molecular formula is C11H20ClNO3S. The number of amides is 1. The summed E-state index contributed by atoms with van der Waals surface area (Å²) in [6.07, 6.45) is 5.66. The average molecular weight is 282 g/mol. The van der Waals surface area contributed by atoms with Crippen molar-refractivity contribution in [2.45, 2.75) is 50.7 Å². The van der Waals surface area contributed by atoms with Gasteiger partial charge in [-0.2, -0.15) is 0 Å². The Kier molecular flexibility index (Phi) is 5.73. The molecule has 100 valence electrons. The fourth-order valence-electron chi connectivity index (χ4n) is 2.05. The fraction of sp³-hybridized carbons (Fsp3) is 0.909. The number of likely N-dealkylation sites (tertiary alicyclic amines) is 1. The highest BCUT2D eigenvalue weighted by Gasteiger charge is 2.36. The van der Waals surface area contributed by atoms with Crippen molar-refractivity contribution >= 4 is 25.6 Å². The second-order valence-electron chi connectivity index (χ2n) is 4.56. The first-order chi connectivity index (χ1) is 7.95. The van der Waals surface area contributed by atoms with E-state index in [0.717, 1.165) is 12.8 Å². The molecule has 6 heteroatoms. The summed E-state index contributed by atoms with van der Waals surface area (Å²) in [6.45, 7) is 3.07. The normalized spacial score (nSPS) is 21.2. The first kappa shape index (κ1) is 14.8. The monoisotopic (exact) mass is 281 g/mol. The zero-order chi connectivity index (χ0) is 12.9. The van der Waals surface area contributed by atoms with Crippen LogP contribution in [0.4, 0.5) is 0 Å². The van der Waals surface area contributed by atoms with Crippen LogP contribution < -0.4 is 0 Å². The Labute approximate surface area is 108 Å². The van der Waals surface area contributed by atoms with Gasteiger partial charge < -0.3 is 4.90 Å². The van der Waals surface area contributed by atoms with Crippen molar-refractivity contribution in [3.8, 4) is 0 Å². The molecule has 1 aliphatic heterocycles. The summed E-state index contributed by atoms with van der Waals surface area (Å²) >= 11 is 0. The molecule has 0 radical (unpaired) electrons. The van der Waals surface area contributed by atoms with Gasteiger partial charge in [0, 0.05) is 30.2 Å². The van der Waals surface area contributed by atoms with E-state index in [1.54, 1.807) is 4.90 Å². The van der Waals surface area contributed by atoms with Crippen LogP contribution in [-0.2, 0) is 13.8 Å². The lowest BCUT2D eigenvalue weighted by Gasteiger charge is -2.15. The first-order valence-electron chi connectivity index (χ1n) is 6.16. The molecule has 0 N–H and O–H groups in total. The lowest BCUT2D eigenvalue weighted by Crippen LogP contribution is -2.28. The van der Waals surface area contributed by atoms with E-state index >= 15 is 0 Å². The highest BCUT2D eigenvalue weighted by molar-refractivity contribution is 8.14. The number of carbonyl (C=O) groups excluding carboxylic acids is 1. The van der Waals surface area contributed by atoms with Crippen molar-refractivity contribution in [2.24, 2.45) is 0 Å². The highest BCUT2D eigenvalue weighted by atomic mass is 35.7. The van der Waals surface area contributed by atoms with Crippen LogP contribution >= 0.6 is 10.7 Å². The summed E-state index contributed by atoms with van der Waals surface area (Å²) in [4.78, 5) is 13.2. The van der Waals surface area contributed by atoms with Gasteiger partial charge in [0.2, 0.25) is 15.0 Å². The van der Waals surface area contributed by atoms with Gasteiger partial charge in [-0.25, -0.2) is 8.42 Å². The summed E-state index contributed by atoms with van der Waals surface area (Å²) in [5, 5.41) is -0.715. The molecule has 0 spiro atoms. The number of hydrogen-bond acceptors (Lipinski definition) is 3. The lowest BCUT2D eigenvalue weighted by atomic mass is 10.1. The average Bonchev–Trinajstić information content (AvgIpc) is 2.60. The molecule has 0 saturated carbocycles. The van der Waals surface area contributed by atoms with E-state index in [-0.39, 0.29) is 18.9 Å². The molecule has 0 bridgehead atoms. The Bertz CT molecular complexity index is 356. The molecule has 1 fully saturated rings. The maximum Gasteiger partial charge on any atom is 0.237 e. The molecule has 4 nitrogen and oxygen atoms in total. The maximum atomic E-state index is 11.6. The molecule has 1 saturated heterocycles. The summed E-state index contributed by atoms with van der Waals surface area (Å²) in [7, 11) is 1.67. The van der Waals surface area contributed by atoms with Crippen LogP contribution in [0.3, 0.4) is 0 Å². The third kappa shape index (κ3) is 4.84. The maximum absolute atomic E-state index is 11.6. The van der Waals surface area contributed by atoms with Crippen molar-refractivity contribution in [2.75, 3.05) is 13.1 Å². The van der Waals surface area contributed by atoms with E-state index in [9.17, 15) is 13.2 Å². The van der Waals surface area contributed by atoms with E-state index in [2.05, 4.69) is 6.92 Å². The van der Waals surface area contributed by atoms with Crippen molar-refractivity contribution < 1.29 is 13.2 Å². The van der Waals surface area contributed by atoms with Crippen LogP contribution in [0, 0.1) is 0 Å². The van der Waals surface area contributed by atoms with Gasteiger partial charge >= 0.3 is 0 Å². The summed E-state index contributed by atoms with van der Waals surface area (Å²) in [6, 6.07) is 0. The molecular weight excluding hydrogens is 262 g/mol. The van der Waals surface area contributed by atoms with E-state index in [4.69, 9.17) is 10.7 Å². The zero-order valence-electron chi connectivity index (χ0n) is 10.2. The van der Waals surface area contributed by atoms with Crippen molar-refractivity contribution in [3.05, 3.63) is 0 Å². The summed E-state index contributed by atoms with van der Waals surface area (Å²) in [5.74, 6) is -0.0882. The van der Waals surface area contributed by atoms with Gasteiger partial charge in [-0.05, 0) is 6.42 Å². The van der Waals surface area contributed by atoms with E-state index in [1.165, 1.54) is 19.3 Å². The quantitative estimate of drug-likeness (QED) is 0.531. The Morgan fingerprint density at radius 1 is 1.29 bits per heavy atom. The van der Waals surface area contributed by atoms with Crippen LogP contribution in [-0.4, -0.2) is 37.6 Å².